The third kappa shape index (κ3) is 2.18. The second-order valence-corrected chi connectivity index (χ2v) is 3.59. The van der Waals surface area contributed by atoms with Crippen molar-refractivity contribution in [1.29, 1.82) is 0 Å². The summed E-state index contributed by atoms with van der Waals surface area (Å²) in [5.41, 5.74) is 2.28. The average Bonchev–Trinajstić information content (AvgIpc) is 2.42. The van der Waals surface area contributed by atoms with Crippen LogP contribution < -0.4 is 0 Å². The van der Waals surface area contributed by atoms with Gasteiger partial charge in [0.1, 0.15) is 0 Å². The van der Waals surface area contributed by atoms with Crippen LogP contribution in [0, 0.1) is 13.8 Å². The van der Waals surface area contributed by atoms with Crippen LogP contribution in [0.3, 0.4) is 0 Å². The number of aliphatic carboxylic acids is 1. The molecule has 2 N–H and O–H groups in total. The van der Waals surface area contributed by atoms with Crippen LogP contribution in [0.25, 0.3) is 0 Å². The predicted molar refractivity (Wildman–Crippen MR) is 54.8 cm³/mol. The number of carbonyl (C=O) groups is 1. The fourth-order valence-electron chi connectivity index (χ4n) is 1.77. The first-order chi connectivity index (χ1) is 6.99. The number of nitrogens with zero attached hydrogens (tertiary/aromatic N) is 2. The van der Waals surface area contributed by atoms with Crippen molar-refractivity contribution in [2.75, 3.05) is 6.61 Å². The van der Waals surface area contributed by atoms with Gasteiger partial charge in [-0.2, -0.15) is 5.10 Å². The van der Waals surface area contributed by atoms with Gasteiger partial charge < -0.3 is 10.2 Å². The molecule has 5 nitrogen and oxygen atoms in total. The van der Waals surface area contributed by atoms with Gasteiger partial charge in [0.25, 0.3) is 0 Å². The Morgan fingerprint density at radius 3 is 2.60 bits per heavy atom. The average molecular weight is 212 g/mol. The van der Waals surface area contributed by atoms with Gasteiger partial charge in [0.15, 0.2) is 0 Å². The van der Waals surface area contributed by atoms with E-state index in [0.717, 1.165) is 17.0 Å². The smallest absolute Gasteiger partial charge is 0.310 e. The standard InChI is InChI=1S/C10H16N2O3/c1-6(10(14)15)9-7(2)11-12(4-5-13)8(9)3/h6,13H,4-5H2,1-3H3,(H,14,15). The molecule has 0 saturated heterocycles. The number of aliphatic hydroxyl groups excluding tert-OH is 1. The van der Waals surface area contributed by atoms with E-state index >= 15 is 0 Å². The molecule has 1 aromatic heterocycles. The van der Waals surface area contributed by atoms with Crippen molar-refractivity contribution in [2.45, 2.75) is 33.2 Å². The predicted octanol–water partition coefficient (Wildman–Crippen LogP) is 0.680. The summed E-state index contributed by atoms with van der Waals surface area (Å²) in [4.78, 5) is 10.9. The first kappa shape index (κ1) is 11.7. The molecule has 84 valence electrons. The van der Waals surface area contributed by atoms with Gasteiger partial charge in [0, 0.05) is 11.3 Å². The van der Waals surface area contributed by atoms with E-state index in [0.29, 0.717) is 6.54 Å². The van der Waals surface area contributed by atoms with Crippen molar-refractivity contribution < 1.29 is 15.0 Å². The van der Waals surface area contributed by atoms with Crippen LogP contribution in [-0.4, -0.2) is 32.6 Å². The van der Waals surface area contributed by atoms with Gasteiger partial charge in [-0.15, -0.1) is 0 Å². The van der Waals surface area contributed by atoms with E-state index in [1.54, 1.807) is 18.5 Å². The normalized spacial score (nSPS) is 12.8. The quantitative estimate of drug-likeness (QED) is 0.769. The molecule has 0 fully saturated rings. The second-order valence-electron chi connectivity index (χ2n) is 3.59. The van der Waals surface area contributed by atoms with Crippen LogP contribution in [0.5, 0.6) is 0 Å². The second kappa shape index (κ2) is 4.44. The van der Waals surface area contributed by atoms with Crippen LogP contribution in [0.4, 0.5) is 0 Å². The number of carboxylic acids is 1. The number of rotatable bonds is 4. The maximum atomic E-state index is 10.9. The zero-order valence-electron chi connectivity index (χ0n) is 9.19. The van der Waals surface area contributed by atoms with E-state index in [9.17, 15) is 4.79 Å². The minimum absolute atomic E-state index is 0.00283. The summed E-state index contributed by atoms with van der Waals surface area (Å²) in [6.07, 6.45) is 0. The van der Waals surface area contributed by atoms with Crippen molar-refractivity contribution in [1.82, 2.24) is 9.78 Å². The Balaban J connectivity index is 3.12. The molecule has 0 saturated carbocycles. The van der Waals surface area contributed by atoms with Crippen LogP contribution in [-0.2, 0) is 11.3 Å². The summed E-state index contributed by atoms with van der Waals surface area (Å²) in [6.45, 7) is 5.66. The van der Waals surface area contributed by atoms with Crippen LogP contribution in [0.2, 0.25) is 0 Å². The number of aromatic nitrogens is 2. The van der Waals surface area contributed by atoms with Crippen molar-refractivity contribution in [3.8, 4) is 0 Å². The van der Waals surface area contributed by atoms with E-state index in [2.05, 4.69) is 5.10 Å². The van der Waals surface area contributed by atoms with Gasteiger partial charge >= 0.3 is 5.97 Å². The number of aliphatic hydroxyl groups is 1. The zero-order valence-corrected chi connectivity index (χ0v) is 9.19. The topological polar surface area (TPSA) is 75.3 Å². The molecule has 0 spiro atoms. The van der Waals surface area contributed by atoms with Crippen molar-refractivity contribution >= 4 is 5.97 Å². The number of aryl methyl sites for hydroxylation is 1. The third-order valence-electron chi connectivity index (χ3n) is 2.55. The Bertz CT molecular complexity index is 371. The Morgan fingerprint density at radius 1 is 1.53 bits per heavy atom. The molecule has 0 amide bonds. The summed E-state index contributed by atoms with van der Waals surface area (Å²) < 4.78 is 1.64. The van der Waals surface area contributed by atoms with Gasteiger partial charge in [-0.1, -0.05) is 0 Å². The van der Waals surface area contributed by atoms with Crippen molar-refractivity contribution in [3.05, 3.63) is 17.0 Å². The van der Waals surface area contributed by atoms with E-state index in [4.69, 9.17) is 10.2 Å². The third-order valence-corrected chi connectivity index (χ3v) is 2.55. The lowest BCUT2D eigenvalue weighted by atomic mass is 9.99. The monoisotopic (exact) mass is 212 g/mol. The van der Waals surface area contributed by atoms with E-state index in [1.165, 1.54) is 0 Å². The van der Waals surface area contributed by atoms with Crippen molar-refractivity contribution in [2.24, 2.45) is 0 Å². The lowest BCUT2D eigenvalue weighted by Gasteiger charge is -2.07. The highest BCUT2D eigenvalue weighted by molar-refractivity contribution is 5.76. The van der Waals surface area contributed by atoms with Gasteiger partial charge in [0.2, 0.25) is 0 Å². The zero-order chi connectivity index (χ0) is 11.6. The first-order valence-corrected chi connectivity index (χ1v) is 4.86. The Morgan fingerprint density at radius 2 is 2.13 bits per heavy atom. The van der Waals surface area contributed by atoms with Gasteiger partial charge in [-0.05, 0) is 20.8 Å². The van der Waals surface area contributed by atoms with Crippen LogP contribution >= 0.6 is 0 Å². The Kier molecular flexibility index (Phi) is 3.47. The molecule has 5 heteroatoms. The molecule has 0 aliphatic heterocycles. The molecule has 0 aliphatic carbocycles. The summed E-state index contributed by atoms with van der Waals surface area (Å²) in [7, 11) is 0. The van der Waals surface area contributed by atoms with Gasteiger partial charge in [0.05, 0.1) is 24.8 Å². The molecule has 1 atom stereocenters. The Hall–Kier alpha value is -1.36. The molecule has 0 bridgehead atoms. The molecule has 15 heavy (non-hydrogen) atoms. The Labute approximate surface area is 88.3 Å². The summed E-state index contributed by atoms with van der Waals surface area (Å²) in [6, 6.07) is 0. The number of hydrogen-bond donors (Lipinski definition) is 2. The van der Waals surface area contributed by atoms with Gasteiger partial charge in [-0.3, -0.25) is 9.48 Å². The highest BCUT2D eigenvalue weighted by Crippen LogP contribution is 2.23. The first-order valence-electron chi connectivity index (χ1n) is 4.86. The molecule has 1 unspecified atom stereocenters. The molecule has 1 heterocycles. The highest BCUT2D eigenvalue weighted by atomic mass is 16.4. The highest BCUT2D eigenvalue weighted by Gasteiger charge is 2.22. The summed E-state index contributed by atoms with van der Waals surface area (Å²) in [5.74, 6) is -1.41. The SMILES string of the molecule is Cc1nn(CCO)c(C)c1C(C)C(=O)O. The number of hydrogen-bond acceptors (Lipinski definition) is 3. The molecule has 1 aromatic rings. The fourth-order valence-corrected chi connectivity index (χ4v) is 1.77. The molecular weight excluding hydrogens is 196 g/mol. The maximum absolute atomic E-state index is 10.9. The largest absolute Gasteiger partial charge is 0.481 e. The van der Waals surface area contributed by atoms with E-state index in [-0.39, 0.29) is 6.61 Å². The molecule has 0 aliphatic rings. The molecule has 0 radical (unpaired) electrons. The molecule has 0 aromatic carbocycles. The summed E-state index contributed by atoms with van der Waals surface area (Å²) >= 11 is 0. The summed E-state index contributed by atoms with van der Waals surface area (Å²) in [5, 5.41) is 21.9. The van der Waals surface area contributed by atoms with Crippen LogP contribution in [0.15, 0.2) is 0 Å². The molecule has 1 rings (SSSR count). The van der Waals surface area contributed by atoms with Gasteiger partial charge in [-0.25, -0.2) is 0 Å². The lowest BCUT2D eigenvalue weighted by Crippen LogP contribution is -2.10. The van der Waals surface area contributed by atoms with Crippen LogP contribution in [0.1, 0.15) is 29.8 Å². The van der Waals surface area contributed by atoms with E-state index in [1.807, 2.05) is 6.92 Å². The maximum Gasteiger partial charge on any atom is 0.310 e. The lowest BCUT2D eigenvalue weighted by molar-refractivity contribution is -0.138. The molecular formula is C10H16N2O3. The minimum Gasteiger partial charge on any atom is -0.481 e. The minimum atomic E-state index is -0.857. The fraction of sp³-hybridized carbons (Fsp3) is 0.600. The van der Waals surface area contributed by atoms with Crippen molar-refractivity contribution in [3.63, 3.8) is 0 Å². The number of carboxylic acid groups (broad SMARTS) is 1. The van der Waals surface area contributed by atoms with E-state index < -0.39 is 11.9 Å².